The molecule has 0 aliphatic rings. The van der Waals surface area contributed by atoms with Gasteiger partial charge in [0, 0.05) is 24.2 Å². The van der Waals surface area contributed by atoms with E-state index in [2.05, 4.69) is 10.2 Å². The van der Waals surface area contributed by atoms with Crippen LogP contribution in [0.4, 0.5) is 17.1 Å². The van der Waals surface area contributed by atoms with Gasteiger partial charge in [0.2, 0.25) is 0 Å². The fourth-order valence-corrected chi connectivity index (χ4v) is 3.60. The second kappa shape index (κ2) is 8.68. The van der Waals surface area contributed by atoms with Crippen LogP contribution in [0, 0.1) is 6.92 Å². The molecule has 9 heteroatoms. The van der Waals surface area contributed by atoms with E-state index in [1.807, 2.05) is 36.9 Å². The van der Waals surface area contributed by atoms with Gasteiger partial charge in [-0.1, -0.05) is 24.3 Å². The number of rotatable bonds is 7. The number of hydrogen-bond donors (Lipinski definition) is 3. The number of benzene rings is 3. The maximum Gasteiger partial charge on any atom is 0.266 e. The van der Waals surface area contributed by atoms with E-state index < -0.39 is 10.1 Å². The molecule has 8 nitrogen and oxygen atoms in total. The first-order chi connectivity index (χ1) is 14.2. The molecule has 0 aliphatic carbocycles. The summed E-state index contributed by atoms with van der Waals surface area (Å²) in [4.78, 5) is 1.83. The molecule has 158 valence electrons. The van der Waals surface area contributed by atoms with Gasteiger partial charge in [0.25, 0.3) is 10.1 Å². The molecule has 0 unspecified atom stereocenters. The molecule has 0 bridgehead atoms. The van der Waals surface area contributed by atoms with Crippen LogP contribution in [0.15, 0.2) is 58.8 Å². The van der Waals surface area contributed by atoms with Crippen molar-refractivity contribution in [3.63, 3.8) is 0 Å². The van der Waals surface area contributed by atoms with Crippen molar-refractivity contribution in [3.05, 3.63) is 54.1 Å². The quantitative estimate of drug-likeness (QED) is 0.284. The van der Waals surface area contributed by atoms with Crippen LogP contribution in [-0.4, -0.2) is 42.0 Å². The third-order valence-corrected chi connectivity index (χ3v) is 5.48. The molecule has 0 saturated heterocycles. The predicted octanol–water partition coefficient (Wildman–Crippen LogP) is 4.69. The second-order valence-electron chi connectivity index (χ2n) is 6.85. The maximum absolute atomic E-state index is 11.0. The van der Waals surface area contributed by atoms with E-state index in [1.165, 1.54) is 6.07 Å². The third kappa shape index (κ3) is 4.87. The van der Waals surface area contributed by atoms with E-state index in [4.69, 9.17) is 4.55 Å². The van der Waals surface area contributed by atoms with Crippen molar-refractivity contribution < 1.29 is 23.2 Å². The Hall–Kier alpha value is -3.17. The number of azo groups is 1. The van der Waals surface area contributed by atoms with Gasteiger partial charge in [0.05, 0.1) is 11.4 Å². The molecule has 3 aromatic rings. The maximum atomic E-state index is 11.0. The molecule has 0 aliphatic heterocycles. The molecule has 0 fully saturated rings. The van der Waals surface area contributed by atoms with Crippen molar-refractivity contribution in [3.8, 4) is 11.5 Å². The first-order valence-electron chi connectivity index (χ1n) is 9.35. The lowest BCUT2D eigenvalue weighted by Gasteiger charge is -2.23. The van der Waals surface area contributed by atoms with Crippen molar-refractivity contribution in [2.45, 2.75) is 13.8 Å². The van der Waals surface area contributed by atoms with E-state index in [-0.39, 0.29) is 29.5 Å². The highest BCUT2D eigenvalue weighted by molar-refractivity contribution is 7.85. The molecular formula is C21H23N3O5S. The van der Waals surface area contributed by atoms with Crippen LogP contribution in [0.25, 0.3) is 10.8 Å². The molecule has 0 amide bonds. The van der Waals surface area contributed by atoms with Gasteiger partial charge < -0.3 is 15.1 Å². The summed E-state index contributed by atoms with van der Waals surface area (Å²) in [6, 6.07) is 14.1. The number of fused-ring (bicyclic) bond motifs is 1. The Bertz CT molecular complexity index is 1210. The Morgan fingerprint density at radius 3 is 2.43 bits per heavy atom. The van der Waals surface area contributed by atoms with Gasteiger partial charge >= 0.3 is 0 Å². The lowest BCUT2D eigenvalue weighted by molar-refractivity contribution is 0.406. The Labute approximate surface area is 174 Å². The minimum Gasteiger partial charge on any atom is -0.504 e. The number of anilines is 1. The Balaban J connectivity index is 1.91. The minimum atomic E-state index is -4.04. The zero-order valence-electron chi connectivity index (χ0n) is 16.6. The van der Waals surface area contributed by atoms with Crippen molar-refractivity contribution in [1.29, 1.82) is 0 Å². The van der Waals surface area contributed by atoms with Crippen molar-refractivity contribution >= 4 is 38.0 Å². The van der Waals surface area contributed by atoms with Crippen molar-refractivity contribution in [1.82, 2.24) is 0 Å². The molecular weight excluding hydrogens is 406 g/mol. The normalized spacial score (nSPS) is 12.0. The Morgan fingerprint density at radius 2 is 1.77 bits per heavy atom. The summed E-state index contributed by atoms with van der Waals surface area (Å²) in [5.74, 6) is -0.966. The molecule has 0 spiro atoms. The summed E-state index contributed by atoms with van der Waals surface area (Å²) in [5, 5.41) is 30.0. The summed E-state index contributed by atoms with van der Waals surface area (Å²) in [6.07, 6.45) is 0. The lowest BCUT2D eigenvalue weighted by Crippen LogP contribution is -2.28. The fraction of sp³-hybridized carbons (Fsp3) is 0.238. The molecule has 3 aromatic carbocycles. The SMILES string of the molecule is CCN(CCS(=O)(=O)O)c1ccc(N=Nc2c(O)c(O)cc3ccccc23)c(C)c1. The molecule has 0 radical (unpaired) electrons. The first-order valence-corrected chi connectivity index (χ1v) is 11.0. The molecule has 0 aromatic heterocycles. The number of aromatic hydroxyl groups is 2. The van der Waals surface area contributed by atoms with E-state index in [9.17, 15) is 18.6 Å². The average Bonchev–Trinajstić information content (AvgIpc) is 2.69. The number of nitrogens with zero attached hydrogens (tertiary/aromatic N) is 3. The Kier molecular flexibility index (Phi) is 6.23. The second-order valence-corrected chi connectivity index (χ2v) is 8.42. The average molecular weight is 429 g/mol. The number of aryl methyl sites for hydroxylation is 1. The summed E-state index contributed by atoms with van der Waals surface area (Å²) in [6.45, 7) is 4.47. The standard InChI is InChI=1S/C21H23N3O5S/c1-3-24(10-11-30(27,28)29)16-8-9-18(14(2)12-16)22-23-20-17-7-5-4-6-15(17)13-19(25)21(20)26/h4-9,12-13,25-26H,3,10-11H2,1-2H3,(H,27,28,29). The van der Waals surface area contributed by atoms with Crippen LogP contribution >= 0.6 is 0 Å². The highest BCUT2D eigenvalue weighted by Gasteiger charge is 2.13. The highest BCUT2D eigenvalue weighted by atomic mass is 32.2. The molecule has 3 rings (SSSR count). The van der Waals surface area contributed by atoms with Gasteiger partial charge in [-0.05, 0) is 49.1 Å². The molecule has 0 atom stereocenters. The van der Waals surface area contributed by atoms with Crippen LogP contribution in [0.1, 0.15) is 12.5 Å². The van der Waals surface area contributed by atoms with Gasteiger partial charge in [-0.2, -0.15) is 13.5 Å². The van der Waals surface area contributed by atoms with Gasteiger partial charge in [0.15, 0.2) is 11.5 Å². The zero-order valence-corrected chi connectivity index (χ0v) is 17.5. The fourth-order valence-electron chi connectivity index (χ4n) is 3.15. The topological polar surface area (TPSA) is 123 Å². The predicted molar refractivity (Wildman–Crippen MR) is 117 cm³/mol. The van der Waals surface area contributed by atoms with Crippen LogP contribution in [0.5, 0.6) is 11.5 Å². The van der Waals surface area contributed by atoms with Gasteiger partial charge in [0.1, 0.15) is 5.69 Å². The van der Waals surface area contributed by atoms with Crippen LogP contribution in [-0.2, 0) is 10.1 Å². The largest absolute Gasteiger partial charge is 0.504 e. The Morgan fingerprint density at radius 1 is 1.03 bits per heavy atom. The molecule has 0 saturated carbocycles. The van der Waals surface area contributed by atoms with E-state index in [1.54, 1.807) is 24.3 Å². The highest BCUT2D eigenvalue weighted by Crippen LogP contribution is 2.42. The van der Waals surface area contributed by atoms with Crippen LogP contribution < -0.4 is 4.90 Å². The number of hydrogen-bond acceptors (Lipinski definition) is 7. The molecule has 0 heterocycles. The number of phenolic OH excluding ortho intramolecular Hbond substituents is 2. The zero-order chi connectivity index (χ0) is 21.9. The van der Waals surface area contributed by atoms with Crippen LogP contribution in [0.2, 0.25) is 0 Å². The lowest BCUT2D eigenvalue weighted by atomic mass is 10.1. The summed E-state index contributed by atoms with van der Waals surface area (Å²) in [7, 11) is -4.04. The number of phenols is 2. The van der Waals surface area contributed by atoms with E-state index in [0.29, 0.717) is 17.6 Å². The van der Waals surface area contributed by atoms with Crippen molar-refractivity contribution in [2.75, 3.05) is 23.7 Å². The smallest absolute Gasteiger partial charge is 0.266 e. The van der Waals surface area contributed by atoms with Gasteiger partial charge in [-0.25, -0.2) is 0 Å². The molecule has 30 heavy (non-hydrogen) atoms. The van der Waals surface area contributed by atoms with E-state index >= 15 is 0 Å². The van der Waals surface area contributed by atoms with Gasteiger partial charge in [-0.3, -0.25) is 4.55 Å². The molecule has 3 N–H and O–H groups in total. The van der Waals surface area contributed by atoms with Gasteiger partial charge in [-0.15, -0.1) is 5.11 Å². The third-order valence-electron chi connectivity index (χ3n) is 4.78. The first kappa shape index (κ1) is 21.5. The minimum absolute atomic E-state index is 0.165. The summed E-state index contributed by atoms with van der Waals surface area (Å²) in [5.41, 5.74) is 2.34. The van der Waals surface area contributed by atoms with E-state index in [0.717, 1.165) is 16.6 Å². The summed E-state index contributed by atoms with van der Waals surface area (Å²) < 4.78 is 31.0. The van der Waals surface area contributed by atoms with Crippen LogP contribution in [0.3, 0.4) is 0 Å². The van der Waals surface area contributed by atoms with Crippen molar-refractivity contribution in [2.24, 2.45) is 10.2 Å². The summed E-state index contributed by atoms with van der Waals surface area (Å²) >= 11 is 0. The monoisotopic (exact) mass is 429 g/mol.